The van der Waals surface area contributed by atoms with Crippen LogP contribution in [0.3, 0.4) is 0 Å². The van der Waals surface area contributed by atoms with E-state index in [1.165, 1.54) is 37.7 Å². The van der Waals surface area contributed by atoms with Gasteiger partial charge in [-0.2, -0.15) is 5.10 Å². The second kappa shape index (κ2) is 6.69. The number of aromatic nitrogens is 2. The molecule has 0 aliphatic rings. The summed E-state index contributed by atoms with van der Waals surface area (Å²) >= 11 is 0. The quantitative estimate of drug-likeness (QED) is 0.722. The van der Waals surface area contributed by atoms with Crippen LogP contribution in [-0.2, 0) is 7.05 Å². The largest absolute Gasteiger partial charge is 0.324 e. The fourth-order valence-corrected chi connectivity index (χ4v) is 2.11. The third-order valence-corrected chi connectivity index (χ3v) is 3.07. The van der Waals surface area contributed by atoms with E-state index in [0.717, 1.165) is 12.1 Å². The molecular formula is C13H25N3. The Kier molecular flexibility index (Phi) is 5.53. The zero-order valence-corrected chi connectivity index (χ0v) is 10.9. The highest BCUT2D eigenvalue weighted by molar-refractivity contribution is 5.19. The molecule has 0 amide bonds. The van der Waals surface area contributed by atoms with E-state index < -0.39 is 0 Å². The van der Waals surface area contributed by atoms with Gasteiger partial charge in [0.05, 0.1) is 5.69 Å². The number of hydrogen-bond donors (Lipinski definition) is 1. The highest BCUT2D eigenvalue weighted by atomic mass is 15.2. The summed E-state index contributed by atoms with van der Waals surface area (Å²) < 4.78 is 1.85. The molecule has 0 aromatic carbocycles. The van der Waals surface area contributed by atoms with E-state index in [-0.39, 0.29) is 6.04 Å². The fraction of sp³-hybridized carbons (Fsp3) is 0.769. The molecule has 1 aromatic rings. The molecule has 0 aliphatic heterocycles. The Balaban J connectivity index is 2.29. The van der Waals surface area contributed by atoms with Gasteiger partial charge in [-0.1, -0.05) is 39.0 Å². The normalized spacial score (nSPS) is 13.0. The van der Waals surface area contributed by atoms with E-state index in [1.54, 1.807) is 0 Å². The average molecular weight is 223 g/mol. The average Bonchev–Trinajstić information content (AvgIpc) is 2.57. The van der Waals surface area contributed by atoms with Crippen LogP contribution < -0.4 is 5.73 Å². The molecule has 2 N–H and O–H groups in total. The van der Waals surface area contributed by atoms with Gasteiger partial charge in [-0.25, -0.2) is 0 Å². The highest BCUT2D eigenvalue weighted by Gasteiger charge is 2.11. The molecule has 1 heterocycles. The molecule has 0 spiro atoms. The van der Waals surface area contributed by atoms with E-state index in [2.05, 4.69) is 12.0 Å². The summed E-state index contributed by atoms with van der Waals surface area (Å²) in [7, 11) is 1.95. The maximum absolute atomic E-state index is 6.17. The van der Waals surface area contributed by atoms with Crippen molar-refractivity contribution in [2.45, 2.75) is 58.4 Å². The van der Waals surface area contributed by atoms with Gasteiger partial charge in [-0.15, -0.1) is 0 Å². The number of hydrogen-bond acceptors (Lipinski definition) is 2. The van der Waals surface area contributed by atoms with Crippen LogP contribution in [-0.4, -0.2) is 9.78 Å². The van der Waals surface area contributed by atoms with Crippen molar-refractivity contribution in [3.8, 4) is 0 Å². The zero-order chi connectivity index (χ0) is 12.0. The number of nitrogens with two attached hydrogens (primary N) is 1. The first-order valence-electron chi connectivity index (χ1n) is 6.41. The SMILES string of the molecule is CCCCCCCC(N)c1cn(C)nc1C. The minimum absolute atomic E-state index is 0.162. The first-order chi connectivity index (χ1) is 7.65. The molecule has 0 saturated heterocycles. The van der Waals surface area contributed by atoms with Crippen LogP contribution in [0.25, 0.3) is 0 Å². The van der Waals surface area contributed by atoms with Gasteiger partial charge >= 0.3 is 0 Å². The van der Waals surface area contributed by atoms with E-state index in [1.807, 2.05) is 24.9 Å². The molecule has 1 unspecified atom stereocenters. The number of rotatable bonds is 7. The molecule has 1 aromatic heterocycles. The van der Waals surface area contributed by atoms with E-state index in [0.29, 0.717) is 0 Å². The summed E-state index contributed by atoms with van der Waals surface area (Å²) in [6.07, 6.45) is 9.66. The monoisotopic (exact) mass is 223 g/mol. The molecule has 92 valence electrons. The maximum atomic E-state index is 6.17. The summed E-state index contributed by atoms with van der Waals surface area (Å²) in [5.74, 6) is 0. The second-order valence-corrected chi connectivity index (χ2v) is 4.65. The van der Waals surface area contributed by atoms with Crippen molar-refractivity contribution in [2.24, 2.45) is 12.8 Å². The lowest BCUT2D eigenvalue weighted by Crippen LogP contribution is -2.10. The Morgan fingerprint density at radius 2 is 2.00 bits per heavy atom. The first-order valence-corrected chi connectivity index (χ1v) is 6.41. The van der Waals surface area contributed by atoms with E-state index >= 15 is 0 Å². The molecule has 3 heteroatoms. The van der Waals surface area contributed by atoms with Gasteiger partial charge in [-0.05, 0) is 13.3 Å². The molecule has 0 bridgehead atoms. The zero-order valence-electron chi connectivity index (χ0n) is 10.9. The van der Waals surface area contributed by atoms with Crippen LogP contribution in [0.1, 0.15) is 62.7 Å². The van der Waals surface area contributed by atoms with Crippen LogP contribution in [0.4, 0.5) is 0 Å². The third-order valence-electron chi connectivity index (χ3n) is 3.07. The minimum atomic E-state index is 0.162. The summed E-state index contributed by atoms with van der Waals surface area (Å²) in [5.41, 5.74) is 8.45. The molecule has 0 radical (unpaired) electrons. The summed E-state index contributed by atoms with van der Waals surface area (Å²) in [5, 5.41) is 4.33. The molecule has 0 aliphatic carbocycles. The van der Waals surface area contributed by atoms with Crippen molar-refractivity contribution in [1.29, 1.82) is 0 Å². The van der Waals surface area contributed by atoms with Crippen LogP contribution in [0, 0.1) is 6.92 Å². The van der Waals surface area contributed by atoms with Gasteiger partial charge in [0.2, 0.25) is 0 Å². The van der Waals surface area contributed by atoms with Crippen LogP contribution in [0.2, 0.25) is 0 Å². The van der Waals surface area contributed by atoms with Gasteiger partial charge in [0.15, 0.2) is 0 Å². The van der Waals surface area contributed by atoms with E-state index in [4.69, 9.17) is 5.73 Å². The lowest BCUT2D eigenvalue weighted by molar-refractivity contribution is 0.554. The minimum Gasteiger partial charge on any atom is -0.324 e. The molecule has 1 atom stereocenters. The van der Waals surface area contributed by atoms with Crippen molar-refractivity contribution < 1.29 is 0 Å². The van der Waals surface area contributed by atoms with Crippen molar-refractivity contribution in [3.05, 3.63) is 17.5 Å². The Hall–Kier alpha value is -0.830. The van der Waals surface area contributed by atoms with Gasteiger partial charge < -0.3 is 5.73 Å². The fourth-order valence-electron chi connectivity index (χ4n) is 2.11. The predicted octanol–water partition coefficient (Wildman–Crippen LogP) is 3.09. The Bertz CT molecular complexity index is 304. The lowest BCUT2D eigenvalue weighted by atomic mass is 10.0. The van der Waals surface area contributed by atoms with Crippen LogP contribution >= 0.6 is 0 Å². The molecule has 0 fully saturated rings. The summed E-state index contributed by atoms with van der Waals surface area (Å²) in [6.45, 7) is 4.27. The van der Waals surface area contributed by atoms with Crippen molar-refractivity contribution in [3.63, 3.8) is 0 Å². The second-order valence-electron chi connectivity index (χ2n) is 4.65. The van der Waals surface area contributed by atoms with Crippen molar-refractivity contribution in [1.82, 2.24) is 9.78 Å². The Morgan fingerprint density at radius 3 is 2.56 bits per heavy atom. The van der Waals surface area contributed by atoms with Gasteiger partial charge in [0.1, 0.15) is 0 Å². The van der Waals surface area contributed by atoms with E-state index in [9.17, 15) is 0 Å². The molecule has 0 saturated carbocycles. The van der Waals surface area contributed by atoms with Gasteiger partial charge in [0, 0.05) is 24.8 Å². The molecule has 16 heavy (non-hydrogen) atoms. The Labute approximate surface area is 99.0 Å². The molecule has 1 rings (SSSR count). The number of unbranched alkanes of at least 4 members (excludes halogenated alkanes) is 4. The topological polar surface area (TPSA) is 43.8 Å². The number of aryl methyl sites for hydroxylation is 2. The lowest BCUT2D eigenvalue weighted by Gasteiger charge is -2.10. The third kappa shape index (κ3) is 3.97. The van der Waals surface area contributed by atoms with Crippen LogP contribution in [0.15, 0.2) is 6.20 Å². The highest BCUT2D eigenvalue weighted by Crippen LogP contribution is 2.20. The number of nitrogens with zero attached hydrogens (tertiary/aromatic N) is 2. The summed E-state index contributed by atoms with van der Waals surface area (Å²) in [6, 6.07) is 0.162. The molecule has 3 nitrogen and oxygen atoms in total. The van der Waals surface area contributed by atoms with Gasteiger partial charge in [0.25, 0.3) is 0 Å². The molecular weight excluding hydrogens is 198 g/mol. The van der Waals surface area contributed by atoms with Gasteiger partial charge in [-0.3, -0.25) is 4.68 Å². The smallest absolute Gasteiger partial charge is 0.0641 e. The maximum Gasteiger partial charge on any atom is 0.0641 e. The van der Waals surface area contributed by atoms with Crippen molar-refractivity contribution in [2.75, 3.05) is 0 Å². The first kappa shape index (κ1) is 13.2. The van der Waals surface area contributed by atoms with Crippen molar-refractivity contribution >= 4 is 0 Å². The van der Waals surface area contributed by atoms with Crippen LogP contribution in [0.5, 0.6) is 0 Å². The Morgan fingerprint density at radius 1 is 1.31 bits per heavy atom. The summed E-state index contributed by atoms with van der Waals surface area (Å²) in [4.78, 5) is 0. The standard InChI is InChI=1S/C13H25N3/c1-4-5-6-7-8-9-13(14)12-10-16(3)15-11(12)2/h10,13H,4-9,14H2,1-3H3. The predicted molar refractivity (Wildman–Crippen MR) is 68.2 cm³/mol.